The molecule has 20 heavy (non-hydrogen) atoms. The number of piperidine rings is 1. The molecule has 114 valence electrons. The first-order valence-electron chi connectivity index (χ1n) is 7.40. The van der Waals surface area contributed by atoms with Gasteiger partial charge in [0.2, 0.25) is 5.91 Å². The number of nitrogens with one attached hydrogen (secondary N) is 1. The summed E-state index contributed by atoms with van der Waals surface area (Å²) in [7, 11) is 0. The van der Waals surface area contributed by atoms with Crippen molar-refractivity contribution in [1.29, 1.82) is 0 Å². The fourth-order valence-corrected chi connectivity index (χ4v) is 3.05. The Balaban J connectivity index is 1.93. The van der Waals surface area contributed by atoms with Gasteiger partial charge in [-0.1, -0.05) is 6.92 Å². The number of amides is 1. The lowest BCUT2D eigenvalue weighted by Gasteiger charge is -2.40. The molecule has 6 heteroatoms. The molecule has 2 rings (SSSR count). The molecule has 0 aliphatic carbocycles. The van der Waals surface area contributed by atoms with Gasteiger partial charge in [0.15, 0.2) is 0 Å². The predicted molar refractivity (Wildman–Crippen MR) is 73.4 cm³/mol. The van der Waals surface area contributed by atoms with Crippen molar-refractivity contribution in [1.82, 2.24) is 10.2 Å². The maximum absolute atomic E-state index is 12.3. The summed E-state index contributed by atoms with van der Waals surface area (Å²) in [6, 6.07) is 0.0547. The van der Waals surface area contributed by atoms with Crippen LogP contribution in [-0.2, 0) is 14.3 Å². The zero-order valence-electron chi connectivity index (χ0n) is 12.1. The van der Waals surface area contributed by atoms with E-state index in [0.29, 0.717) is 45.6 Å². The Morgan fingerprint density at radius 2 is 2.30 bits per heavy atom. The summed E-state index contributed by atoms with van der Waals surface area (Å²) in [5.74, 6) is -0.747. The third kappa shape index (κ3) is 3.30. The predicted octanol–water partition coefficient (Wildman–Crippen LogP) is 0.468. The molecule has 2 atom stereocenters. The smallest absolute Gasteiger partial charge is 0.311 e. The van der Waals surface area contributed by atoms with Crippen LogP contribution in [0, 0.1) is 5.41 Å². The standard InChI is InChI=1S/C14H24N2O4/c1-2-14(13(18)19)4-3-6-16(10-14)12(17)8-11-9-20-7-5-15-11/h11,15H,2-10H2,1H3,(H,18,19). The lowest BCUT2D eigenvalue weighted by atomic mass is 9.77. The summed E-state index contributed by atoms with van der Waals surface area (Å²) in [6.45, 7) is 4.90. The highest BCUT2D eigenvalue weighted by Crippen LogP contribution is 2.34. The highest BCUT2D eigenvalue weighted by molar-refractivity contribution is 5.80. The van der Waals surface area contributed by atoms with Gasteiger partial charge in [-0.25, -0.2) is 0 Å². The molecule has 2 unspecified atom stereocenters. The molecule has 0 spiro atoms. The fourth-order valence-electron chi connectivity index (χ4n) is 3.05. The highest BCUT2D eigenvalue weighted by atomic mass is 16.5. The quantitative estimate of drug-likeness (QED) is 0.784. The molecule has 0 bridgehead atoms. The number of carbonyl (C=O) groups is 2. The second kappa shape index (κ2) is 6.54. The van der Waals surface area contributed by atoms with Crippen LogP contribution in [0.3, 0.4) is 0 Å². The summed E-state index contributed by atoms with van der Waals surface area (Å²) in [5.41, 5.74) is -0.760. The number of carboxylic acid groups (broad SMARTS) is 1. The number of morpholine rings is 1. The Hall–Kier alpha value is -1.14. The minimum absolute atomic E-state index is 0.0341. The largest absolute Gasteiger partial charge is 0.481 e. The molecule has 2 N–H and O–H groups in total. The molecular formula is C14H24N2O4. The molecule has 2 aliphatic rings. The fraction of sp³-hybridized carbons (Fsp3) is 0.857. The number of hydrogen-bond donors (Lipinski definition) is 2. The second-order valence-electron chi connectivity index (χ2n) is 5.79. The number of ether oxygens (including phenoxy) is 1. The van der Waals surface area contributed by atoms with Crippen molar-refractivity contribution in [2.45, 2.75) is 38.6 Å². The lowest BCUT2D eigenvalue weighted by molar-refractivity contribution is -0.155. The topological polar surface area (TPSA) is 78.9 Å². The van der Waals surface area contributed by atoms with Crippen molar-refractivity contribution in [2.75, 3.05) is 32.8 Å². The molecular weight excluding hydrogens is 260 g/mol. The number of carbonyl (C=O) groups excluding carboxylic acids is 1. The first-order valence-corrected chi connectivity index (χ1v) is 7.40. The molecule has 1 amide bonds. The Morgan fingerprint density at radius 3 is 2.90 bits per heavy atom. The number of likely N-dealkylation sites (tertiary alicyclic amines) is 1. The average molecular weight is 284 g/mol. The van der Waals surface area contributed by atoms with Crippen LogP contribution in [0.15, 0.2) is 0 Å². The second-order valence-corrected chi connectivity index (χ2v) is 5.79. The Bertz CT molecular complexity index is 368. The summed E-state index contributed by atoms with van der Waals surface area (Å²) in [6.07, 6.45) is 2.38. The molecule has 6 nitrogen and oxygen atoms in total. The Morgan fingerprint density at radius 1 is 1.50 bits per heavy atom. The van der Waals surface area contributed by atoms with E-state index >= 15 is 0 Å². The van der Waals surface area contributed by atoms with E-state index < -0.39 is 11.4 Å². The minimum Gasteiger partial charge on any atom is -0.481 e. The van der Waals surface area contributed by atoms with Crippen molar-refractivity contribution in [3.63, 3.8) is 0 Å². The van der Waals surface area contributed by atoms with E-state index in [9.17, 15) is 14.7 Å². The normalized spacial score (nSPS) is 31.1. The maximum Gasteiger partial charge on any atom is 0.311 e. The van der Waals surface area contributed by atoms with E-state index in [-0.39, 0.29) is 11.9 Å². The molecule has 0 saturated carbocycles. The van der Waals surface area contributed by atoms with Crippen molar-refractivity contribution in [3.8, 4) is 0 Å². The van der Waals surface area contributed by atoms with Gasteiger partial charge in [-0.15, -0.1) is 0 Å². The van der Waals surface area contributed by atoms with Gasteiger partial charge < -0.3 is 20.1 Å². The molecule has 0 aromatic rings. The van der Waals surface area contributed by atoms with Crippen LogP contribution in [0.1, 0.15) is 32.6 Å². The van der Waals surface area contributed by atoms with Gasteiger partial charge in [0.1, 0.15) is 0 Å². The van der Waals surface area contributed by atoms with E-state index in [1.807, 2.05) is 6.92 Å². The van der Waals surface area contributed by atoms with Crippen LogP contribution in [0.4, 0.5) is 0 Å². The van der Waals surface area contributed by atoms with Crippen LogP contribution in [0.5, 0.6) is 0 Å². The van der Waals surface area contributed by atoms with E-state index in [1.54, 1.807) is 4.90 Å². The number of nitrogens with zero attached hydrogens (tertiary/aromatic N) is 1. The van der Waals surface area contributed by atoms with Crippen LogP contribution >= 0.6 is 0 Å². The van der Waals surface area contributed by atoms with Gasteiger partial charge in [-0.05, 0) is 19.3 Å². The van der Waals surface area contributed by atoms with Gasteiger partial charge in [0, 0.05) is 32.1 Å². The number of aliphatic carboxylic acids is 1. The monoisotopic (exact) mass is 284 g/mol. The van der Waals surface area contributed by atoms with Gasteiger partial charge in [-0.2, -0.15) is 0 Å². The summed E-state index contributed by atoms with van der Waals surface area (Å²) in [5, 5.41) is 12.7. The van der Waals surface area contributed by atoms with E-state index in [2.05, 4.69) is 5.32 Å². The first kappa shape index (κ1) is 15.3. The molecule has 0 aromatic heterocycles. The molecule has 2 fully saturated rings. The summed E-state index contributed by atoms with van der Waals surface area (Å²) >= 11 is 0. The zero-order valence-corrected chi connectivity index (χ0v) is 12.1. The van der Waals surface area contributed by atoms with Gasteiger partial charge >= 0.3 is 5.97 Å². The van der Waals surface area contributed by atoms with Crippen molar-refractivity contribution in [2.24, 2.45) is 5.41 Å². The maximum atomic E-state index is 12.3. The SMILES string of the molecule is CCC1(C(=O)O)CCCN(C(=O)CC2COCCN2)C1. The number of hydrogen-bond acceptors (Lipinski definition) is 4. The summed E-state index contributed by atoms with van der Waals surface area (Å²) < 4.78 is 5.34. The zero-order chi connectivity index (χ0) is 14.6. The molecule has 2 aliphatic heterocycles. The Kier molecular flexibility index (Phi) is 4.99. The number of rotatable bonds is 4. The molecule has 0 aromatic carbocycles. The van der Waals surface area contributed by atoms with Crippen LogP contribution < -0.4 is 5.32 Å². The Labute approximate surface area is 119 Å². The van der Waals surface area contributed by atoms with Crippen molar-refractivity contribution in [3.05, 3.63) is 0 Å². The van der Waals surface area contributed by atoms with Crippen LogP contribution in [-0.4, -0.2) is 60.8 Å². The van der Waals surface area contributed by atoms with E-state index in [0.717, 1.165) is 13.0 Å². The molecule has 0 radical (unpaired) electrons. The van der Waals surface area contributed by atoms with E-state index in [1.165, 1.54) is 0 Å². The van der Waals surface area contributed by atoms with Gasteiger partial charge in [0.05, 0.1) is 18.6 Å². The van der Waals surface area contributed by atoms with Crippen molar-refractivity contribution >= 4 is 11.9 Å². The highest BCUT2D eigenvalue weighted by Gasteiger charge is 2.42. The third-order valence-electron chi connectivity index (χ3n) is 4.48. The number of carboxylic acids is 1. The van der Waals surface area contributed by atoms with Crippen LogP contribution in [0.2, 0.25) is 0 Å². The van der Waals surface area contributed by atoms with Gasteiger partial charge in [0.25, 0.3) is 0 Å². The van der Waals surface area contributed by atoms with E-state index in [4.69, 9.17) is 4.74 Å². The third-order valence-corrected chi connectivity index (χ3v) is 4.48. The average Bonchev–Trinajstić information content (AvgIpc) is 2.48. The van der Waals surface area contributed by atoms with Crippen LogP contribution in [0.25, 0.3) is 0 Å². The minimum atomic E-state index is -0.781. The van der Waals surface area contributed by atoms with Crippen molar-refractivity contribution < 1.29 is 19.4 Å². The first-order chi connectivity index (χ1) is 9.57. The molecule has 2 heterocycles. The molecule has 2 saturated heterocycles. The summed E-state index contributed by atoms with van der Waals surface area (Å²) in [4.78, 5) is 25.5. The van der Waals surface area contributed by atoms with Gasteiger partial charge in [-0.3, -0.25) is 9.59 Å². The lowest BCUT2D eigenvalue weighted by Crippen LogP contribution is -2.51.